The Morgan fingerprint density at radius 1 is 1.38 bits per heavy atom. The molecule has 1 heterocycles. The fourth-order valence-corrected chi connectivity index (χ4v) is 1.70. The average molecular weight is 230 g/mol. The topological polar surface area (TPSA) is 72.8 Å². The van der Waals surface area contributed by atoms with E-state index >= 15 is 0 Å². The zero-order valence-electron chi connectivity index (χ0n) is 9.64. The first-order chi connectivity index (χ1) is 7.52. The Morgan fingerprint density at radius 2 is 2.06 bits per heavy atom. The molecule has 0 bridgehead atoms. The van der Waals surface area contributed by atoms with E-state index in [1.165, 1.54) is 7.11 Å². The molecule has 92 valence electrons. The highest BCUT2D eigenvalue weighted by Crippen LogP contribution is 2.15. The van der Waals surface area contributed by atoms with Crippen LogP contribution in [0.1, 0.15) is 32.6 Å². The number of cyclic esters (lactones) is 1. The van der Waals surface area contributed by atoms with Gasteiger partial charge >= 0.3 is 5.97 Å². The minimum atomic E-state index is -0.980. The third kappa shape index (κ3) is 3.90. The number of hydrogen-bond donors (Lipinski definition) is 1. The lowest BCUT2D eigenvalue weighted by atomic mass is 10.0. The van der Waals surface area contributed by atoms with Crippen LogP contribution in [0.15, 0.2) is 0 Å². The third-order valence-corrected chi connectivity index (χ3v) is 2.70. The summed E-state index contributed by atoms with van der Waals surface area (Å²) in [6.45, 7) is 1.74. The van der Waals surface area contributed by atoms with Gasteiger partial charge in [-0.2, -0.15) is 0 Å². The molecule has 5 heteroatoms. The number of rotatable bonds is 1. The standard InChI is InChI=1S/C11H18O5/c1-7-3-4-8(12)5-10(15-2)9(13)6-11(14)16-7/h7,9-10,13H,3-6H2,1-2H3/t7-,9-,10+/m0/s1. The van der Waals surface area contributed by atoms with E-state index in [1.807, 2.05) is 0 Å². The van der Waals surface area contributed by atoms with Gasteiger partial charge in [0.1, 0.15) is 5.78 Å². The number of aliphatic hydroxyl groups is 1. The zero-order valence-corrected chi connectivity index (χ0v) is 9.64. The van der Waals surface area contributed by atoms with E-state index in [9.17, 15) is 14.7 Å². The first-order valence-electron chi connectivity index (χ1n) is 5.45. The van der Waals surface area contributed by atoms with Crippen LogP contribution in [-0.4, -0.2) is 42.3 Å². The summed E-state index contributed by atoms with van der Waals surface area (Å²) in [5.74, 6) is -0.424. The molecule has 0 spiro atoms. The zero-order chi connectivity index (χ0) is 12.1. The van der Waals surface area contributed by atoms with E-state index in [-0.39, 0.29) is 24.7 Å². The van der Waals surface area contributed by atoms with Gasteiger partial charge in [0.25, 0.3) is 0 Å². The summed E-state index contributed by atoms with van der Waals surface area (Å²) in [6, 6.07) is 0. The molecule has 1 saturated heterocycles. The molecule has 0 aromatic heterocycles. The molecule has 1 aliphatic heterocycles. The number of ether oxygens (including phenoxy) is 2. The van der Waals surface area contributed by atoms with Gasteiger partial charge in [0, 0.05) is 20.0 Å². The van der Waals surface area contributed by atoms with Crippen molar-refractivity contribution in [2.75, 3.05) is 7.11 Å². The quantitative estimate of drug-likeness (QED) is 0.661. The molecular formula is C11H18O5. The molecule has 5 nitrogen and oxygen atoms in total. The maximum absolute atomic E-state index is 11.5. The van der Waals surface area contributed by atoms with Crippen molar-refractivity contribution in [2.24, 2.45) is 0 Å². The number of Topliss-reactive ketones (excluding diaryl/α,β-unsaturated/α-hetero) is 1. The molecule has 0 saturated carbocycles. The molecule has 1 rings (SSSR count). The fourth-order valence-electron chi connectivity index (χ4n) is 1.70. The van der Waals surface area contributed by atoms with Crippen molar-refractivity contribution in [3.8, 4) is 0 Å². The van der Waals surface area contributed by atoms with Crippen molar-refractivity contribution in [2.45, 2.75) is 50.9 Å². The Balaban J connectivity index is 2.68. The number of carbonyl (C=O) groups excluding carboxylic acids is 2. The van der Waals surface area contributed by atoms with Crippen LogP contribution in [0.2, 0.25) is 0 Å². The second-order valence-corrected chi connectivity index (χ2v) is 4.13. The van der Waals surface area contributed by atoms with Crippen LogP contribution in [-0.2, 0) is 19.1 Å². The van der Waals surface area contributed by atoms with Crippen molar-refractivity contribution in [1.82, 2.24) is 0 Å². The lowest BCUT2D eigenvalue weighted by molar-refractivity contribution is -0.155. The maximum Gasteiger partial charge on any atom is 0.308 e. The number of aliphatic hydroxyl groups excluding tert-OH is 1. The molecule has 1 N–H and O–H groups in total. The molecule has 0 aromatic rings. The first-order valence-corrected chi connectivity index (χ1v) is 5.45. The lowest BCUT2D eigenvalue weighted by Gasteiger charge is -2.23. The molecule has 0 aromatic carbocycles. The van der Waals surface area contributed by atoms with Crippen LogP contribution in [0.4, 0.5) is 0 Å². The van der Waals surface area contributed by atoms with E-state index in [0.29, 0.717) is 12.8 Å². The van der Waals surface area contributed by atoms with Gasteiger partial charge in [-0.25, -0.2) is 0 Å². The van der Waals surface area contributed by atoms with Gasteiger partial charge in [-0.1, -0.05) is 0 Å². The number of methoxy groups -OCH3 is 1. The lowest BCUT2D eigenvalue weighted by Crippen LogP contribution is -2.35. The largest absolute Gasteiger partial charge is 0.463 e. The molecule has 1 fully saturated rings. The predicted octanol–water partition coefficient (Wildman–Crippen LogP) is 0.437. The Labute approximate surface area is 94.7 Å². The molecule has 16 heavy (non-hydrogen) atoms. The van der Waals surface area contributed by atoms with Gasteiger partial charge in [-0.15, -0.1) is 0 Å². The maximum atomic E-state index is 11.5. The summed E-state index contributed by atoms with van der Waals surface area (Å²) >= 11 is 0. The molecule has 1 aliphatic rings. The summed E-state index contributed by atoms with van der Waals surface area (Å²) in [5.41, 5.74) is 0. The molecule has 0 radical (unpaired) electrons. The highest BCUT2D eigenvalue weighted by atomic mass is 16.5. The van der Waals surface area contributed by atoms with Crippen molar-refractivity contribution >= 4 is 11.8 Å². The molecule has 0 amide bonds. The average Bonchev–Trinajstić information content (AvgIpc) is 2.21. The monoisotopic (exact) mass is 230 g/mol. The summed E-state index contributed by atoms with van der Waals surface area (Å²) in [7, 11) is 1.42. The van der Waals surface area contributed by atoms with Gasteiger partial charge < -0.3 is 14.6 Å². The van der Waals surface area contributed by atoms with Gasteiger partial charge in [0.05, 0.1) is 24.7 Å². The Bertz CT molecular complexity index is 263. The van der Waals surface area contributed by atoms with E-state index in [0.717, 1.165) is 0 Å². The first kappa shape index (κ1) is 13.1. The van der Waals surface area contributed by atoms with E-state index < -0.39 is 18.2 Å². The minimum Gasteiger partial charge on any atom is -0.463 e. The summed E-state index contributed by atoms with van der Waals surface area (Å²) in [4.78, 5) is 22.9. The van der Waals surface area contributed by atoms with Crippen molar-refractivity contribution in [3.63, 3.8) is 0 Å². The fraction of sp³-hybridized carbons (Fsp3) is 0.818. The normalized spacial score (nSPS) is 33.3. The van der Waals surface area contributed by atoms with Crippen LogP contribution in [0.3, 0.4) is 0 Å². The van der Waals surface area contributed by atoms with Gasteiger partial charge in [0.15, 0.2) is 0 Å². The Hall–Kier alpha value is -0.940. The molecule has 3 atom stereocenters. The number of hydrogen-bond acceptors (Lipinski definition) is 5. The van der Waals surface area contributed by atoms with Crippen LogP contribution < -0.4 is 0 Å². The number of carbonyl (C=O) groups is 2. The van der Waals surface area contributed by atoms with Crippen molar-refractivity contribution in [1.29, 1.82) is 0 Å². The van der Waals surface area contributed by atoms with Crippen LogP contribution in [0.5, 0.6) is 0 Å². The van der Waals surface area contributed by atoms with Crippen molar-refractivity contribution < 1.29 is 24.2 Å². The second kappa shape index (κ2) is 5.96. The molecule has 0 unspecified atom stereocenters. The summed E-state index contributed by atoms with van der Waals surface area (Å²) in [6.07, 6.45) is -0.978. The van der Waals surface area contributed by atoms with Crippen molar-refractivity contribution in [3.05, 3.63) is 0 Å². The van der Waals surface area contributed by atoms with Gasteiger partial charge in [-0.3, -0.25) is 9.59 Å². The highest BCUT2D eigenvalue weighted by molar-refractivity contribution is 5.79. The molecular weight excluding hydrogens is 212 g/mol. The Morgan fingerprint density at radius 3 is 2.69 bits per heavy atom. The van der Waals surface area contributed by atoms with Crippen LogP contribution in [0.25, 0.3) is 0 Å². The summed E-state index contributed by atoms with van der Waals surface area (Å²) in [5, 5.41) is 9.69. The van der Waals surface area contributed by atoms with Gasteiger partial charge in [0.2, 0.25) is 0 Å². The highest BCUT2D eigenvalue weighted by Gasteiger charge is 2.27. The molecule has 0 aliphatic carbocycles. The number of esters is 1. The van der Waals surface area contributed by atoms with Crippen LogP contribution in [0, 0.1) is 0 Å². The summed E-state index contributed by atoms with van der Waals surface area (Å²) < 4.78 is 10.0. The Kier molecular flexibility index (Phi) is 4.89. The minimum absolute atomic E-state index is 0.0238. The number of ketones is 1. The SMILES string of the molecule is CO[C@@H]1CC(=O)CC[C@H](C)OC(=O)C[C@@H]1O. The third-order valence-electron chi connectivity index (χ3n) is 2.70. The second-order valence-electron chi connectivity index (χ2n) is 4.13. The van der Waals surface area contributed by atoms with E-state index in [2.05, 4.69) is 0 Å². The smallest absolute Gasteiger partial charge is 0.308 e. The van der Waals surface area contributed by atoms with Gasteiger partial charge in [-0.05, 0) is 13.3 Å². The van der Waals surface area contributed by atoms with E-state index in [4.69, 9.17) is 9.47 Å². The predicted molar refractivity (Wildman–Crippen MR) is 55.8 cm³/mol. The van der Waals surface area contributed by atoms with Crippen LogP contribution >= 0.6 is 0 Å². The van der Waals surface area contributed by atoms with E-state index in [1.54, 1.807) is 6.92 Å².